The summed E-state index contributed by atoms with van der Waals surface area (Å²) in [6, 6.07) is 7.26. The van der Waals surface area contributed by atoms with Crippen LogP contribution in [-0.4, -0.2) is 58.1 Å². The summed E-state index contributed by atoms with van der Waals surface area (Å²) in [7, 11) is 1.52. The first-order valence-electron chi connectivity index (χ1n) is 9.63. The second-order valence-electron chi connectivity index (χ2n) is 8.16. The molecule has 1 unspecified atom stereocenters. The topological polar surface area (TPSA) is 93.7 Å². The molecule has 1 aromatic carbocycles. The highest BCUT2D eigenvalue weighted by Crippen LogP contribution is 2.34. The van der Waals surface area contributed by atoms with Gasteiger partial charge in [-0.1, -0.05) is 12.1 Å². The van der Waals surface area contributed by atoms with Crippen LogP contribution in [0.25, 0.3) is 11.3 Å². The first-order chi connectivity index (χ1) is 14.5. The zero-order valence-corrected chi connectivity index (χ0v) is 17.7. The minimum atomic E-state index is -3.20. The monoisotopic (exact) mass is 434 g/mol. The van der Waals surface area contributed by atoms with Crippen LogP contribution in [-0.2, 0) is 9.53 Å². The summed E-state index contributed by atoms with van der Waals surface area (Å²) in [4.78, 5) is 34.1. The molecule has 10 heteroatoms. The normalized spacial score (nSPS) is 17.9. The largest absolute Gasteiger partial charge is 0.496 e. The Labute approximate surface area is 178 Å². The van der Waals surface area contributed by atoms with Crippen LogP contribution >= 0.6 is 0 Å². The molecule has 1 aliphatic heterocycles. The summed E-state index contributed by atoms with van der Waals surface area (Å²) in [5.74, 6) is -3.30. The molecule has 1 aromatic heterocycles. The Morgan fingerprint density at radius 3 is 2.61 bits per heavy atom. The van der Waals surface area contributed by atoms with Gasteiger partial charge in [0.15, 0.2) is 0 Å². The molecule has 2 heterocycles. The van der Waals surface area contributed by atoms with Crippen LogP contribution in [0.5, 0.6) is 5.75 Å². The van der Waals surface area contributed by atoms with Gasteiger partial charge in [0, 0.05) is 18.1 Å². The fourth-order valence-electron chi connectivity index (χ4n) is 3.20. The molecule has 2 amide bonds. The number of carbonyl (C=O) groups excluding carboxylic acids is 2. The number of alkyl halides is 2. The van der Waals surface area contributed by atoms with Gasteiger partial charge in [-0.3, -0.25) is 9.69 Å². The van der Waals surface area contributed by atoms with Crippen LogP contribution in [0.4, 0.5) is 19.4 Å². The number of para-hydroxylation sites is 1. The average molecular weight is 434 g/mol. The van der Waals surface area contributed by atoms with E-state index in [9.17, 15) is 18.4 Å². The predicted octanol–water partition coefficient (Wildman–Crippen LogP) is 3.74. The van der Waals surface area contributed by atoms with Crippen molar-refractivity contribution in [2.45, 2.75) is 44.8 Å². The molecular weight excluding hydrogens is 410 g/mol. The number of likely N-dealkylation sites (tertiary alicyclic amines) is 1. The number of rotatable bonds is 4. The predicted molar refractivity (Wildman–Crippen MR) is 109 cm³/mol. The van der Waals surface area contributed by atoms with Crippen LogP contribution in [0.2, 0.25) is 0 Å². The van der Waals surface area contributed by atoms with Crippen molar-refractivity contribution in [1.82, 2.24) is 14.9 Å². The molecule has 0 spiro atoms. The van der Waals surface area contributed by atoms with Gasteiger partial charge in [-0.2, -0.15) is 0 Å². The van der Waals surface area contributed by atoms with Gasteiger partial charge in [0.05, 0.1) is 19.3 Å². The molecule has 8 nitrogen and oxygen atoms in total. The lowest BCUT2D eigenvalue weighted by Crippen LogP contribution is -2.45. The first-order valence-corrected chi connectivity index (χ1v) is 9.63. The Morgan fingerprint density at radius 2 is 1.94 bits per heavy atom. The molecule has 2 aromatic rings. The number of amides is 2. The number of halogens is 2. The lowest BCUT2D eigenvalue weighted by atomic mass is 10.1. The number of aromatic nitrogens is 2. The number of hydrogen-bond donors (Lipinski definition) is 1. The second kappa shape index (κ2) is 8.44. The number of carbonyl (C=O) groups is 2. The SMILES string of the molecule is COc1ccccc1-c1cc(NC(=O)C2CC(F)(F)CN2C(=O)OC(C)(C)C)ncn1. The third-order valence-electron chi connectivity index (χ3n) is 4.50. The number of anilines is 1. The Bertz CT molecular complexity index is 978. The van der Waals surface area contributed by atoms with Gasteiger partial charge in [0.2, 0.25) is 5.91 Å². The summed E-state index contributed by atoms with van der Waals surface area (Å²) in [5.41, 5.74) is 0.265. The van der Waals surface area contributed by atoms with Crippen LogP contribution in [0.1, 0.15) is 27.2 Å². The van der Waals surface area contributed by atoms with E-state index in [0.29, 0.717) is 17.0 Å². The van der Waals surface area contributed by atoms with Crippen molar-refractivity contribution < 1.29 is 27.8 Å². The van der Waals surface area contributed by atoms with Gasteiger partial charge in [-0.25, -0.2) is 23.5 Å². The molecule has 1 atom stereocenters. The highest BCUT2D eigenvalue weighted by atomic mass is 19.3. The zero-order valence-electron chi connectivity index (χ0n) is 17.7. The summed E-state index contributed by atoms with van der Waals surface area (Å²) in [6.07, 6.45) is -0.531. The maximum absolute atomic E-state index is 14.0. The molecule has 1 N–H and O–H groups in total. The standard InChI is InChI=1S/C21H24F2N4O4/c1-20(2,3)31-19(29)27-11-21(22,23)10-15(27)18(28)26-17-9-14(24-12-25-17)13-7-5-6-8-16(13)30-4/h5-9,12,15H,10-11H2,1-4H3,(H,24,25,26,28). The summed E-state index contributed by atoms with van der Waals surface area (Å²) >= 11 is 0. The van der Waals surface area contributed by atoms with Crippen molar-refractivity contribution in [3.8, 4) is 17.0 Å². The Morgan fingerprint density at radius 1 is 1.23 bits per heavy atom. The third-order valence-corrected chi connectivity index (χ3v) is 4.50. The zero-order chi connectivity index (χ0) is 22.8. The molecule has 0 bridgehead atoms. The van der Waals surface area contributed by atoms with Gasteiger partial charge >= 0.3 is 6.09 Å². The van der Waals surface area contributed by atoms with E-state index in [4.69, 9.17) is 9.47 Å². The Balaban J connectivity index is 1.81. The molecule has 1 aliphatic rings. The number of benzene rings is 1. The van der Waals surface area contributed by atoms with Crippen LogP contribution in [0, 0.1) is 0 Å². The fourth-order valence-corrected chi connectivity index (χ4v) is 3.20. The average Bonchev–Trinajstić information content (AvgIpc) is 3.03. The van der Waals surface area contributed by atoms with Crippen LogP contribution < -0.4 is 10.1 Å². The van der Waals surface area contributed by atoms with E-state index in [1.165, 1.54) is 19.5 Å². The second-order valence-corrected chi connectivity index (χ2v) is 8.16. The number of hydrogen-bond acceptors (Lipinski definition) is 6. The Kier molecular flexibility index (Phi) is 6.10. The van der Waals surface area contributed by atoms with Crippen LogP contribution in [0.3, 0.4) is 0 Å². The molecule has 166 valence electrons. The van der Waals surface area contributed by atoms with Crippen molar-refractivity contribution in [2.24, 2.45) is 0 Å². The van der Waals surface area contributed by atoms with Crippen molar-refractivity contribution in [1.29, 1.82) is 0 Å². The number of nitrogens with zero attached hydrogens (tertiary/aromatic N) is 3. The molecule has 0 aliphatic carbocycles. The third kappa shape index (κ3) is 5.44. The smallest absolute Gasteiger partial charge is 0.411 e. The van der Waals surface area contributed by atoms with Gasteiger partial charge in [0.1, 0.15) is 29.5 Å². The van der Waals surface area contributed by atoms with Gasteiger partial charge in [0.25, 0.3) is 5.92 Å². The minimum absolute atomic E-state index is 0.111. The Hall–Kier alpha value is -3.30. The van der Waals surface area contributed by atoms with Crippen molar-refractivity contribution in [3.63, 3.8) is 0 Å². The molecule has 31 heavy (non-hydrogen) atoms. The molecule has 0 saturated carbocycles. The molecule has 1 saturated heterocycles. The fraction of sp³-hybridized carbons (Fsp3) is 0.429. The molecule has 0 radical (unpaired) electrons. The summed E-state index contributed by atoms with van der Waals surface area (Å²) < 4.78 is 38.6. The van der Waals surface area contributed by atoms with E-state index >= 15 is 0 Å². The van der Waals surface area contributed by atoms with E-state index in [-0.39, 0.29) is 5.82 Å². The minimum Gasteiger partial charge on any atom is -0.496 e. The van der Waals surface area contributed by atoms with E-state index in [2.05, 4.69) is 15.3 Å². The number of ether oxygens (including phenoxy) is 2. The number of nitrogens with one attached hydrogen (secondary N) is 1. The lowest BCUT2D eigenvalue weighted by molar-refractivity contribution is -0.120. The van der Waals surface area contributed by atoms with Crippen molar-refractivity contribution in [2.75, 3.05) is 19.0 Å². The maximum atomic E-state index is 14.0. The first kappa shape index (κ1) is 22.4. The van der Waals surface area contributed by atoms with Gasteiger partial charge < -0.3 is 14.8 Å². The van der Waals surface area contributed by atoms with E-state index in [1.54, 1.807) is 45.0 Å². The van der Waals surface area contributed by atoms with E-state index in [0.717, 1.165) is 4.90 Å². The highest BCUT2D eigenvalue weighted by molar-refractivity contribution is 5.96. The maximum Gasteiger partial charge on any atom is 0.411 e. The van der Waals surface area contributed by atoms with Gasteiger partial charge in [-0.05, 0) is 32.9 Å². The van der Waals surface area contributed by atoms with Crippen LogP contribution in [0.15, 0.2) is 36.7 Å². The summed E-state index contributed by atoms with van der Waals surface area (Å²) in [6.45, 7) is 3.97. The van der Waals surface area contributed by atoms with E-state index in [1.807, 2.05) is 0 Å². The lowest BCUT2D eigenvalue weighted by Gasteiger charge is -2.27. The molecule has 3 rings (SSSR count). The van der Waals surface area contributed by atoms with Crippen molar-refractivity contribution >= 4 is 17.8 Å². The molecule has 1 fully saturated rings. The molecular formula is C21H24F2N4O4. The number of methoxy groups -OCH3 is 1. The highest BCUT2D eigenvalue weighted by Gasteiger charge is 2.51. The quantitative estimate of drug-likeness (QED) is 0.788. The summed E-state index contributed by atoms with van der Waals surface area (Å²) in [5, 5.41) is 2.50. The van der Waals surface area contributed by atoms with Gasteiger partial charge in [-0.15, -0.1) is 0 Å². The van der Waals surface area contributed by atoms with E-state index < -0.39 is 42.5 Å². The van der Waals surface area contributed by atoms with Crippen molar-refractivity contribution in [3.05, 3.63) is 36.7 Å².